The summed E-state index contributed by atoms with van der Waals surface area (Å²) in [6.07, 6.45) is 0.476. The summed E-state index contributed by atoms with van der Waals surface area (Å²) in [5, 5.41) is 2.01. The summed E-state index contributed by atoms with van der Waals surface area (Å²) in [6, 6.07) is 9.94. The van der Waals surface area contributed by atoms with E-state index in [4.69, 9.17) is 0 Å². The van der Waals surface area contributed by atoms with E-state index in [1.165, 1.54) is 0 Å². The zero-order chi connectivity index (χ0) is 14.0. The summed E-state index contributed by atoms with van der Waals surface area (Å²) in [4.78, 5) is 13.6. The summed E-state index contributed by atoms with van der Waals surface area (Å²) < 4.78 is 1.05. The molecule has 0 radical (unpaired) electrons. The van der Waals surface area contributed by atoms with Crippen molar-refractivity contribution in [1.29, 1.82) is 0 Å². The van der Waals surface area contributed by atoms with Gasteiger partial charge in [0.05, 0.1) is 0 Å². The number of rotatable bonds is 3. The monoisotopic (exact) mass is 336 g/mol. The second-order valence-corrected chi connectivity index (χ2v) is 7.54. The lowest BCUT2D eigenvalue weighted by molar-refractivity contribution is 0.0991. The van der Waals surface area contributed by atoms with Gasteiger partial charge in [0.2, 0.25) is 0 Å². The Hall–Kier alpha value is -0.930. The molecule has 0 saturated heterocycles. The van der Waals surface area contributed by atoms with Gasteiger partial charge in [0, 0.05) is 26.7 Å². The predicted octanol–water partition coefficient (Wildman–Crippen LogP) is 5.23. The van der Waals surface area contributed by atoms with Crippen molar-refractivity contribution in [2.45, 2.75) is 32.6 Å². The Morgan fingerprint density at radius 3 is 2.53 bits per heavy atom. The summed E-state index contributed by atoms with van der Waals surface area (Å²) in [7, 11) is 0. The van der Waals surface area contributed by atoms with Crippen molar-refractivity contribution in [3.8, 4) is 0 Å². The van der Waals surface area contributed by atoms with Gasteiger partial charge in [0.15, 0.2) is 5.78 Å². The molecule has 0 unspecified atom stereocenters. The first-order chi connectivity index (χ1) is 8.88. The molecule has 100 valence electrons. The Labute approximate surface area is 126 Å². The average Bonchev–Trinajstić information content (AvgIpc) is 2.73. The van der Waals surface area contributed by atoms with E-state index in [1.807, 2.05) is 29.6 Å². The molecule has 1 nitrogen and oxygen atoms in total. The van der Waals surface area contributed by atoms with Gasteiger partial charge in [-0.15, -0.1) is 11.3 Å². The molecule has 1 heterocycles. The Kier molecular flexibility index (Phi) is 4.26. The summed E-state index contributed by atoms with van der Waals surface area (Å²) in [5.74, 6) is 0.194. The van der Waals surface area contributed by atoms with Crippen LogP contribution in [0, 0.1) is 0 Å². The summed E-state index contributed by atoms with van der Waals surface area (Å²) >= 11 is 5.04. The predicted molar refractivity (Wildman–Crippen MR) is 85.2 cm³/mol. The molecule has 1 aromatic heterocycles. The maximum Gasteiger partial charge on any atom is 0.168 e. The van der Waals surface area contributed by atoms with Crippen LogP contribution in [0.2, 0.25) is 0 Å². The van der Waals surface area contributed by atoms with Gasteiger partial charge in [0.1, 0.15) is 0 Å². The highest BCUT2D eigenvalue weighted by molar-refractivity contribution is 9.10. The van der Waals surface area contributed by atoms with E-state index in [1.54, 1.807) is 11.3 Å². The Morgan fingerprint density at radius 1 is 1.26 bits per heavy atom. The van der Waals surface area contributed by atoms with E-state index in [2.05, 4.69) is 42.8 Å². The van der Waals surface area contributed by atoms with Gasteiger partial charge in [-0.25, -0.2) is 0 Å². The van der Waals surface area contributed by atoms with Crippen LogP contribution in [-0.2, 0) is 11.8 Å². The van der Waals surface area contributed by atoms with Crippen LogP contribution in [0.25, 0.3) is 0 Å². The maximum atomic E-state index is 12.5. The molecule has 2 aromatic rings. The van der Waals surface area contributed by atoms with Crippen molar-refractivity contribution >= 4 is 33.0 Å². The number of carbonyl (C=O) groups excluding carboxylic acids is 1. The van der Waals surface area contributed by atoms with E-state index >= 15 is 0 Å². The number of hydrogen-bond acceptors (Lipinski definition) is 2. The van der Waals surface area contributed by atoms with Gasteiger partial charge in [-0.2, -0.15) is 0 Å². The molecule has 0 amide bonds. The average molecular weight is 337 g/mol. The molecule has 3 heteroatoms. The first kappa shape index (κ1) is 14.5. The lowest BCUT2D eigenvalue weighted by atomic mass is 9.82. The van der Waals surface area contributed by atoms with Crippen LogP contribution >= 0.6 is 27.3 Å². The third-order valence-corrected chi connectivity index (χ3v) is 4.69. The smallest absolute Gasteiger partial charge is 0.168 e. The van der Waals surface area contributed by atoms with Crippen LogP contribution in [0.3, 0.4) is 0 Å². The Morgan fingerprint density at radius 2 is 1.95 bits per heavy atom. The highest BCUT2D eigenvalue weighted by Gasteiger charge is 2.21. The molecule has 1 aromatic carbocycles. The number of ketones is 1. The number of carbonyl (C=O) groups is 1. The maximum absolute atomic E-state index is 12.5. The molecule has 0 saturated carbocycles. The molecule has 0 bridgehead atoms. The topological polar surface area (TPSA) is 17.1 Å². The molecule has 2 rings (SSSR count). The minimum atomic E-state index is -0.0116. The SMILES string of the molecule is CC(C)(C)c1ccccc1C(=O)Cc1cc(Br)cs1. The van der Waals surface area contributed by atoms with Crippen LogP contribution in [0.4, 0.5) is 0 Å². The number of halogens is 1. The molecule has 0 spiro atoms. The van der Waals surface area contributed by atoms with Gasteiger partial charge in [-0.1, -0.05) is 45.0 Å². The van der Waals surface area contributed by atoms with E-state index in [0.29, 0.717) is 6.42 Å². The number of thiophene rings is 1. The second-order valence-electron chi connectivity index (χ2n) is 5.63. The summed E-state index contributed by atoms with van der Waals surface area (Å²) in [5.41, 5.74) is 1.96. The van der Waals surface area contributed by atoms with E-state index < -0.39 is 0 Å². The highest BCUT2D eigenvalue weighted by atomic mass is 79.9. The Balaban J connectivity index is 2.29. The fourth-order valence-electron chi connectivity index (χ4n) is 2.08. The van der Waals surface area contributed by atoms with Gasteiger partial charge >= 0.3 is 0 Å². The number of Topliss-reactive ketones (excluding diaryl/α,β-unsaturated/α-hetero) is 1. The van der Waals surface area contributed by atoms with Crippen molar-refractivity contribution in [1.82, 2.24) is 0 Å². The van der Waals surface area contributed by atoms with Crippen LogP contribution in [0.1, 0.15) is 41.6 Å². The van der Waals surface area contributed by atoms with Crippen LogP contribution in [0.5, 0.6) is 0 Å². The van der Waals surface area contributed by atoms with Crippen LogP contribution in [0.15, 0.2) is 40.2 Å². The van der Waals surface area contributed by atoms with Crippen LogP contribution in [-0.4, -0.2) is 5.78 Å². The third kappa shape index (κ3) is 3.54. The van der Waals surface area contributed by atoms with E-state index in [-0.39, 0.29) is 11.2 Å². The fourth-order valence-corrected chi connectivity index (χ4v) is 3.53. The van der Waals surface area contributed by atoms with E-state index in [9.17, 15) is 4.79 Å². The molecule has 0 aliphatic heterocycles. The van der Waals surface area contributed by atoms with Crippen molar-refractivity contribution in [2.24, 2.45) is 0 Å². The Bertz CT molecular complexity index is 593. The molecule has 0 fully saturated rings. The zero-order valence-electron chi connectivity index (χ0n) is 11.4. The third-order valence-electron chi connectivity index (χ3n) is 2.99. The molecule has 19 heavy (non-hydrogen) atoms. The molecular weight excluding hydrogens is 320 g/mol. The normalized spacial score (nSPS) is 11.6. The van der Waals surface area contributed by atoms with Crippen molar-refractivity contribution in [3.05, 3.63) is 56.2 Å². The second kappa shape index (κ2) is 5.59. The van der Waals surface area contributed by atoms with Gasteiger partial charge < -0.3 is 0 Å². The van der Waals surface area contributed by atoms with Crippen LogP contribution < -0.4 is 0 Å². The molecular formula is C16H17BrOS. The molecule has 0 atom stereocenters. The quantitative estimate of drug-likeness (QED) is 0.701. The lowest BCUT2D eigenvalue weighted by Crippen LogP contribution is -2.17. The highest BCUT2D eigenvalue weighted by Crippen LogP contribution is 2.27. The van der Waals surface area contributed by atoms with Crippen molar-refractivity contribution in [2.75, 3.05) is 0 Å². The van der Waals surface area contributed by atoms with Crippen molar-refractivity contribution < 1.29 is 4.79 Å². The molecule has 0 N–H and O–H groups in total. The van der Waals surface area contributed by atoms with Crippen molar-refractivity contribution in [3.63, 3.8) is 0 Å². The number of hydrogen-bond donors (Lipinski definition) is 0. The minimum absolute atomic E-state index is 0.0116. The fraction of sp³-hybridized carbons (Fsp3) is 0.312. The van der Waals surface area contributed by atoms with Gasteiger partial charge in [0.25, 0.3) is 0 Å². The molecule has 0 aliphatic rings. The number of benzene rings is 1. The van der Waals surface area contributed by atoms with E-state index in [0.717, 1.165) is 20.5 Å². The first-order valence-electron chi connectivity index (χ1n) is 6.23. The first-order valence-corrected chi connectivity index (χ1v) is 7.91. The van der Waals surface area contributed by atoms with Gasteiger partial charge in [-0.3, -0.25) is 4.79 Å². The zero-order valence-corrected chi connectivity index (χ0v) is 13.8. The lowest BCUT2D eigenvalue weighted by Gasteiger charge is -2.22. The van der Waals surface area contributed by atoms with Gasteiger partial charge in [-0.05, 0) is 33.0 Å². The largest absolute Gasteiger partial charge is 0.294 e. The standard InChI is InChI=1S/C16H17BrOS/c1-16(2,3)14-7-5-4-6-13(14)15(18)9-12-8-11(17)10-19-12/h4-8,10H,9H2,1-3H3. The summed E-state index contributed by atoms with van der Waals surface area (Å²) in [6.45, 7) is 6.42. The molecule has 0 aliphatic carbocycles. The minimum Gasteiger partial charge on any atom is -0.294 e.